The first-order valence-electron chi connectivity index (χ1n) is 23.3. The maximum Gasteiger partial charge on any atom is 0.306 e. The van der Waals surface area contributed by atoms with Crippen molar-refractivity contribution < 1.29 is 73.0 Å². The summed E-state index contributed by atoms with van der Waals surface area (Å²) in [4.78, 5) is 25.2. The van der Waals surface area contributed by atoms with E-state index in [0.29, 0.717) is 44.1 Å². The van der Waals surface area contributed by atoms with Crippen LogP contribution in [0, 0.1) is 40.9 Å². The topological polar surface area (TPSA) is 209 Å². The Morgan fingerprint density at radius 3 is 2.26 bits per heavy atom. The summed E-state index contributed by atoms with van der Waals surface area (Å²) in [6.45, 7) is 18.8. The molecule has 0 radical (unpaired) electrons. The highest BCUT2D eigenvalue weighted by molar-refractivity contribution is 5.97. The average molecular weight is 883 g/mol. The number of carboxylic acid groups (broad SMARTS) is 1. The molecule has 5 unspecified atom stereocenters. The van der Waals surface area contributed by atoms with Gasteiger partial charge in [-0.15, -0.1) is 0 Å². The molecule has 15 nitrogen and oxygen atoms in total. The van der Waals surface area contributed by atoms with Crippen LogP contribution in [0.2, 0.25) is 0 Å². The van der Waals surface area contributed by atoms with Crippen molar-refractivity contribution in [2.24, 2.45) is 40.9 Å². The maximum atomic E-state index is 13.7. The third kappa shape index (κ3) is 9.62. The normalized spacial score (nSPS) is 48.7. The number of aliphatic hydroxyl groups is 4. The van der Waals surface area contributed by atoms with Gasteiger partial charge >= 0.3 is 5.97 Å². The Morgan fingerprint density at radius 2 is 1.65 bits per heavy atom. The second kappa shape index (κ2) is 18.9. The van der Waals surface area contributed by atoms with Crippen molar-refractivity contribution in [2.75, 3.05) is 20.3 Å². The molecule has 20 atom stereocenters. The van der Waals surface area contributed by atoms with Crippen LogP contribution in [0.1, 0.15) is 133 Å². The Balaban J connectivity index is 1.22. The molecule has 356 valence electrons. The summed E-state index contributed by atoms with van der Waals surface area (Å²) in [7, 11) is 1.55. The minimum atomic E-state index is -1.69. The molecule has 0 saturated carbocycles. The zero-order valence-corrected chi connectivity index (χ0v) is 39.0. The molecule has 0 aromatic rings. The maximum absolute atomic E-state index is 13.7. The number of ketones is 1. The van der Waals surface area contributed by atoms with Gasteiger partial charge in [-0.25, -0.2) is 0 Å². The molecule has 6 fully saturated rings. The molecule has 5 N–H and O–H groups in total. The highest BCUT2D eigenvalue weighted by Crippen LogP contribution is 2.57. The highest BCUT2D eigenvalue weighted by atomic mass is 16.8. The van der Waals surface area contributed by atoms with Crippen LogP contribution in [0.15, 0.2) is 11.6 Å². The molecular weight excluding hydrogens is 805 g/mol. The molecular formula is C47H78O15. The van der Waals surface area contributed by atoms with Gasteiger partial charge in [0, 0.05) is 61.9 Å². The molecule has 2 spiro atoms. The Kier molecular flexibility index (Phi) is 15.2. The summed E-state index contributed by atoms with van der Waals surface area (Å²) < 4.78 is 53.0. The summed E-state index contributed by atoms with van der Waals surface area (Å²) in [5, 5.41) is 53.8. The van der Waals surface area contributed by atoms with E-state index in [4.69, 9.17) is 37.9 Å². The van der Waals surface area contributed by atoms with Crippen molar-refractivity contribution >= 4 is 11.8 Å². The number of ether oxygens (including phenoxy) is 8. The molecule has 6 heterocycles. The van der Waals surface area contributed by atoms with Gasteiger partial charge in [0.05, 0.1) is 67.5 Å². The first-order valence-corrected chi connectivity index (χ1v) is 23.3. The number of hydrogen-bond donors (Lipinski definition) is 5. The zero-order chi connectivity index (χ0) is 45.7. The third-order valence-corrected chi connectivity index (χ3v) is 15.8. The van der Waals surface area contributed by atoms with E-state index in [2.05, 4.69) is 20.8 Å². The lowest BCUT2D eigenvalue weighted by molar-refractivity contribution is -0.389. The van der Waals surface area contributed by atoms with E-state index in [-0.39, 0.29) is 61.7 Å². The van der Waals surface area contributed by atoms with Crippen LogP contribution >= 0.6 is 0 Å². The molecule has 0 aromatic carbocycles. The predicted octanol–water partition coefficient (Wildman–Crippen LogP) is 5.27. The summed E-state index contributed by atoms with van der Waals surface area (Å²) in [6.07, 6.45) is 0.801. The van der Waals surface area contributed by atoms with Crippen molar-refractivity contribution in [3.63, 3.8) is 0 Å². The van der Waals surface area contributed by atoms with E-state index in [1.165, 1.54) is 0 Å². The van der Waals surface area contributed by atoms with Gasteiger partial charge in [0.2, 0.25) is 0 Å². The number of carbonyl (C=O) groups excluding carboxylic acids is 1. The van der Waals surface area contributed by atoms with E-state index in [1.54, 1.807) is 21.0 Å². The van der Waals surface area contributed by atoms with Crippen LogP contribution in [-0.2, 0) is 47.5 Å². The van der Waals surface area contributed by atoms with E-state index in [1.807, 2.05) is 40.7 Å². The minimum Gasteiger partial charge on any atom is -0.481 e. The van der Waals surface area contributed by atoms with Gasteiger partial charge in [-0.05, 0) is 63.9 Å². The second-order valence-corrected chi connectivity index (χ2v) is 20.8. The fourth-order valence-corrected chi connectivity index (χ4v) is 11.6. The molecule has 6 aliphatic heterocycles. The fraction of sp³-hybridized carbons (Fsp3) is 0.915. The van der Waals surface area contributed by atoms with Crippen molar-refractivity contribution in [2.45, 2.75) is 212 Å². The van der Waals surface area contributed by atoms with Gasteiger partial charge in [-0.3, -0.25) is 9.59 Å². The number of Topliss-reactive ketones (excluding diaryl/α,β-unsaturated/α-hetero) is 1. The molecule has 0 aliphatic carbocycles. The number of hydrogen-bond acceptors (Lipinski definition) is 14. The van der Waals surface area contributed by atoms with Gasteiger partial charge in [0.1, 0.15) is 6.10 Å². The zero-order valence-electron chi connectivity index (χ0n) is 39.0. The molecule has 62 heavy (non-hydrogen) atoms. The molecule has 6 saturated heterocycles. The second-order valence-electron chi connectivity index (χ2n) is 20.8. The summed E-state index contributed by atoms with van der Waals surface area (Å²) >= 11 is 0. The SMILES string of the molecule is CC/C=C(\C[C@@]1(C)COC2(CC[C@@](C)([C@H]3C[C@H](O[C@@H]4C[C@@H](O)[C@H](OC)[C@@H](C)O4)[C@@H](C)C4(O[C@@H](C5O[C@@](O)(CO)[C@H](C)C[C@@H]5C)C[C@H]4C)O3)O2)C[C@@H]1O)C(=O)C(C)CC(C)C(=O)O. The minimum absolute atomic E-state index is 0.0325. The third-order valence-electron chi connectivity index (χ3n) is 15.8. The molecule has 6 rings (SSSR count). The Bertz CT molecular complexity index is 1600. The van der Waals surface area contributed by atoms with Gasteiger partial charge in [-0.2, -0.15) is 0 Å². The van der Waals surface area contributed by atoms with Crippen molar-refractivity contribution in [1.82, 2.24) is 0 Å². The van der Waals surface area contributed by atoms with Gasteiger partial charge in [0.25, 0.3) is 0 Å². The lowest BCUT2D eigenvalue weighted by Gasteiger charge is -2.54. The number of allylic oxidation sites excluding steroid dienone is 2. The number of aliphatic carboxylic acids is 1. The number of carboxylic acids is 1. The number of methoxy groups -OCH3 is 1. The van der Waals surface area contributed by atoms with Gasteiger partial charge in [-0.1, -0.05) is 61.5 Å². The monoisotopic (exact) mass is 883 g/mol. The number of aliphatic hydroxyl groups excluding tert-OH is 3. The Labute approximate surface area is 368 Å². The smallest absolute Gasteiger partial charge is 0.306 e. The van der Waals surface area contributed by atoms with Crippen molar-refractivity contribution in [3.8, 4) is 0 Å². The highest BCUT2D eigenvalue weighted by Gasteiger charge is 2.65. The van der Waals surface area contributed by atoms with E-state index in [0.717, 1.165) is 0 Å². The summed E-state index contributed by atoms with van der Waals surface area (Å²) in [5.41, 5.74) is -1.14. The van der Waals surface area contributed by atoms with Crippen LogP contribution in [0.4, 0.5) is 0 Å². The molecule has 0 bridgehead atoms. The Morgan fingerprint density at radius 1 is 0.935 bits per heavy atom. The van der Waals surface area contributed by atoms with Crippen molar-refractivity contribution in [3.05, 3.63) is 11.6 Å². The van der Waals surface area contributed by atoms with E-state index in [9.17, 15) is 35.1 Å². The van der Waals surface area contributed by atoms with Crippen LogP contribution in [0.25, 0.3) is 0 Å². The van der Waals surface area contributed by atoms with Gasteiger partial charge < -0.3 is 63.4 Å². The first kappa shape index (κ1) is 49.8. The van der Waals surface area contributed by atoms with Crippen LogP contribution in [0.5, 0.6) is 0 Å². The molecule has 15 heteroatoms. The number of rotatable bonds is 14. The Hall–Kier alpha value is -1.60. The number of carbonyl (C=O) groups is 2. The van der Waals surface area contributed by atoms with Crippen molar-refractivity contribution in [1.29, 1.82) is 0 Å². The first-order chi connectivity index (χ1) is 29.0. The van der Waals surface area contributed by atoms with E-state index >= 15 is 0 Å². The van der Waals surface area contributed by atoms with Gasteiger partial charge in [0.15, 0.2) is 29.4 Å². The fourth-order valence-electron chi connectivity index (χ4n) is 11.6. The van der Waals surface area contributed by atoms with Crippen LogP contribution < -0.4 is 0 Å². The van der Waals surface area contributed by atoms with Crippen LogP contribution in [-0.4, -0.2) is 136 Å². The summed E-state index contributed by atoms with van der Waals surface area (Å²) in [6, 6.07) is 0. The average Bonchev–Trinajstić information content (AvgIpc) is 3.72. The standard InChI is InChI=1S/C47H78O15/c1-12-13-32(39(51)25(2)16-27(4)42(52)53)21-43(9)24-56-45(22-36(43)50)15-14-44(10,62-45)37-20-34(58-38-19-33(49)41(55-11)31(8)57-38)30(7)47(60-37)29(6)18-35(59-47)40-26(3)17-28(5)46(54,23-48)61-40/h13,25-31,33-38,40-41,48-50,54H,12,14-24H2,1-11H3,(H,52,53)/b32-13+/t25?,26-,27?,28+,29+,30+,31+,33+,34-,35+,36-,37+,38+,40?,41+,43-,44-,45?,46-,47?/m0/s1. The molecule has 0 aromatic heterocycles. The van der Waals surface area contributed by atoms with E-state index < -0.39 is 108 Å². The quantitative estimate of drug-likeness (QED) is 0.141. The summed E-state index contributed by atoms with van der Waals surface area (Å²) in [5.74, 6) is -6.88. The largest absolute Gasteiger partial charge is 0.481 e. The molecule has 6 aliphatic rings. The lowest BCUT2D eigenvalue weighted by atomic mass is 9.72. The van der Waals surface area contributed by atoms with Crippen LogP contribution in [0.3, 0.4) is 0 Å². The lowest BCUT2D eigenvalue weighted by Crippen LogP contribution is -2.63. The molecule has 0 amide bonds. The predicted molar refractivity (Wildman–Crippen MR) is 225 cm³/mol.